The van der Waals surface area contributed by atoms with Crippen molar-refractivity contribution in [3.63, 3.8) is 0 Å². The molecule has 0 radical (unpaired) electrons. The lowest BCUT2D eigenvalue weighted by Crippen LogP contribution is -2.38. The van der Waals surface area contributed by atoms with E-state index in [-0.39, 0.29) is 5.91 Å². The van der Waals surface area contributed by atoms with Crippen molar-refractivity contribution in [2.24, 2.45) is 0 Å². The fourth-order valence-electron chi connectivity index (χ4n) is 3.26. The lowest BCUT2D eigenvalue weighted by Gasteiger charge is -2.32. The van der Waals surface area contributed by atoms with E-state index in [1.165, 1.54) is 11.1 Å². The molecule has 1 aliphatic heterocycles. The molecule has 4 nitrogen and oxygen atoms in total. The Kier molecular flexibility index (Phi) is 4.60. The van der Waals surface area contributed by atoms with Crippen molar-refractivity contribution in [3.05, 3.63) is 59.4 Å². The van der Waals surface area contributed by atoms with Crippen molar-refractivity contribution in [2.45, 2.75) is 25.7 Å². The van der Waals surface area contributed by atoms with Gasteiger partial charge in [0.05, 0.1) is 7.11 Å². The Hall–Kier alpha value is -2.36. The number of methoxy groups -OCH3 is 1. The second-order valence-electron chi connectivity index (χ2n) is 6.00. The summed E-state index contributed by atoms with van der Waals surface area (Å²) in [6, 6.07) is 12.0. The molecule has 1 fully saturated rings. The largest absolute Gasteiger partial charge is 0.497 e. The van der Waals surface area contributed by atoms with E-state index in [2.05, 4.69) is 36.2 Å². The molecule has 0 atom stereocenters. The summed E-state index contributed by atoms with van der Waals surface area (Å²) >= 11 is 0. The number of piperidine rings is 1. The standard InChI is InChI=1S/C19H22N2O2/c1-14-5-3-4-6-17(14)15-8-11-21(12-9-15)19(22)18-13-16(23-2)7-10-20-18/h3-7,10,13,15H,8-9,11-12H2,1-2H3. The molecule has 2 heterocycles. The monoisotopic (exact) mass is 310 g/mol. The fourth-order valence-corrected chi connectivity index (χ4v) is 3.26. The Bertz CT molecular complexity index is 691. The minimum atomic E-state index is -0.00728. The van der Waals surface area contributed by atoms with Gasteiger partial charge in [0.25, 0.3) is 5.91 Å². The highest BCUT2D eigenvalue weighted by Gasteiger charge is 2.25. The second kappa shape index (κ2) is 6.82. The van der Waals surface area contributed by atoms with Gasteiger partial charge < -0.3 is 9.64 Å². The zero-order chi connectivity index (χ0) is 16.2. The Labute approximate surface area is 137 Å². The van der Waals surface area contributed by atoms with Crippen molar-refractivity contribution in [1.29, 1.82) is 0 Å². The minimum absolute atomic E-state index is 0.00728. The highest BCUT2D eigenvalue weighted by molar-refractivity contribution is 5.92. The van der Waals surface area contributed by atoms with Crippen LogP contribution < -0.4 is 4.74 Å². The molecule has 0 bridgehead atoms. The molecular weight excluding hydrogens is 288 g/mol. The number of aryl methyl sites for hydroxylation is 1. The molecule has 1 aromatic carbocycles. The predicted octanol–water partition coefficient (Wildman–Crippen LogP) is 3.42. The fraction of sp³-hybridized carbons (Fsp3) is 0.368. The third kappa shape index (κ3) is 3.36. The van der Waals surface area contributed by atoms with Gasteiger partial charge in [-0.1, -0.05) is 24.3 Å². The summed E-state index contributed by atoms with van der Waals surface area (Å²) in [6.07, 6.45) is 3.62. The first-order chi connectivity index (χ1) is 11.2. The normalized spacial score (nSPS) is 15.5. The van der Waals surface area contributed by atoms with Crippen LogP contribution in [0, 0.1) is 6.92 Å². The maximum Gasteiger partial charge on any atom is 0.272 e. The van der Waals surface area contributed by atoms with E-state index in [0.29, 0.717) is 17.4 Å². The maximum atomic E-state index is 12.6. The quantitative estimate of drug-likeness (QED) is 0.872. The van der Waals surface area contributed by atoms with Crippen molar-refractivity contribution in [3.8, 4) is 5.75 Å². The summed E-state index contributed by atoms with van der Waals surface area (Å²) in [6.45, 7) is 3.71. The van der Waals surface area contributed by atoms with Gasteiger partial charge in [-0.25, -0.2) is 0 Å². The molecule has 1 saturated heterocycles. The van der Waals surface area contributed by atoms with E-state index in [9.17, 15) is 4.79 Å². The molecule has 1 amide bonds. The zero-order valence-corrected chi connectivity index (χ0v) is 13.7. The summed E-state index contributed by atoms with van der Waals surface area (Å²) < 4.78 is 5.17. The first kappa shape index (κ1) is 15.5. The minimum Gasteiger partial charge on any atom is -0.497 e. The van der Waals surface area contributed by atoms with Crippen LogP contribution in [0.4, 0.5) is 0 Å². The van der Waals surface area contributed by atoms with Crippen molar-refractivity contribution in [1.82, 2.24) is 9.88 Å². The molecule has 2 aromatic rings. The molecule has 0 saturated carbocycles. The van der Waals surface area contributed by atoms with E-state index in [1.807, 2.05) is 4.90 Å². The number of ether oxygens (including phenoxy) is 1. The van der Waals surface area contributed by atoms with Gasteiger partial charge in [-0.2, -0.15) is 0 Å². The van der Waals surface area contributed by atoms with Gasteiger partial charge in [0.15, 0.2) is 0 Å². The predicted molar refractivity (Wildman–Crippen MR) is 89.8 cm³/mol. The SMILES string of the molecule is COc1ccnc(C(=O)N2CCC(c3ccccc3C)CC2)c1. The van der Waals surface area contributed by atoms with E-state index in [0.717, 1.165) is 25.9 Å². The third-order valence-electron chi connectivity index (χ3n) is 4.60. The number of benzene rings is 1. The van der Waals surface area contributed by atoms with Crippen molar-refractivity contribution >= 4 is 5.91 Å². The van der Waals surface area contributed by atoms with Gasteiger partial charge >= 0.3 is 0 Å². The number of rotatable bonds is 3. The van der Waals surface area contributed by atoms with Crippen molar-refractivity contribution in [2.75, 3.05) is 20.2 Å². The number of aromatic nitrogens is 1. The Balaban J connectivity index is 1.66. The van der Waals surface area contributed by atoms with Gasteiger partial charge in [-0.3, -0.25) is 9.78 Å². The molecule has 4 heteroatoms. The zero-order valence-electron chi connectivity index (χ0n) is 13.7. The van der Waals surface area contributed by atoms with Gasteiger partial charge in [0.2, 0.25) is 0 Å². The van der Waals surface area contributed by atoms with E-state index >= 15 is 0 Å². The van der Waals surface area contributed by atoms with Gasteiger partial charge in [0, 0.05) is 25.4 Å². The number of hydrogen-bond acceptors (Lipinski definition) is 3. The first-order valence-electron chi connectivity index (χ1n) is 8.04. The number of pyridine rings is 1. The first-order valence-corrected chi connectivity index (χ1v) is 8.04. The molecule has 120 valence electrons. The Morgan fingerprint density at radius 1 is 1.22 bits per heavy atom. The number of nitrogens with zero attached hydrogens (tertiary/aromatic N) is 2. The topological polar surface area (TPSA) is 42.4 Å². The average Bonchev–Trinajstić information content (AvgIpc) is 2.62. The van der Waals surface area contributed by atoms with Crippen molar-refractivity contribution < 1.29 is 9.53 Å². The summed E-state index contributed by atoms with van der Waals surface area (Å²) in [4.78, 5) is 18.7. The number of hydrogen-bond donors (Lipinski definition) is 0. The summed E-state index contributed by atoms with van der Waals surface area (Å²) in [7, 11) is 1.59. The number of amides is 1. The van der Waals surface area contributed by atoms with Crippen LogP contribution >= 0.6 is 0 Å². The second-order valence-corrected chi connectivity index (χ2v) is 6.00. The molecule has 1 aromatic heterocycles. The van der Waals surface area contributed by atoms with Crippen LogP contribution in [0.3, 0.4) is 0 Å². The molecule has 0 unspecified atom stereocenters. The smallest absolute Gasteiger partial charge is 0.272 e. The van der Waals surface area contributed by atoms with Crippen LogP contribution in [0.25, 0.3) is 0 Å². The lowest BCUT2D eigenvalue weighted by molar-refractivity contribution is 0.0706. The van der Waals surface area contributed by atoms with Crippen LogP contribution in [0.5, 0.6) is 5.75 Å². The summed E-state index contributed by atoms with van der Waals surface area (Å²) in [5.41, 5.74) is 3.21. The van der Waals surface area contributed by atoms with E-state index < -0.39 is 0 Å². The molecule has 0 spiro atoms. The van der Waals surface area contributed by atoms with Gasteiger partial charge in [-0.05, 0) is 42.9 Å². The van der Waals surface area contributed by atoms with Gasteiger partial charge in [-0.15, -0.1) is 0 Å². The Morgan fingerprint density at radius 3 is 2.65 bits per heavy atom. The molecule has 23 heavy (non-hydrogen) atoms. The van der Waals surface area contributed by atoms with E-state index in [1.54, 1.807) is 25.4 Å². The average molecular weight is 310 g/mol. The highest BCUT2D eigenvalue weighted by Crippen LogP contribution is 2.30. The molecular formula is C19H22N2O2. The van der Waals surface area contributed by atoms with Gasteiger partial charge in [0.1, 0.15) is 11.4 Å². The molecule has 3 rings (SSSR count). The molecule has 0 N–H and O–H groups in total. The van der Waals surface area contributed by atoms with Crippen LogP contribution in [-0.2, 0) is 0 Å². The molecule has 1 aliphatic rings. The van der Waals surface area contributed by atoms with Crippen LogP contribution in [0.15, 0.2) is 42.6 Å². The van der Waals surface area contributed by atoms with Crippen LogP contribution in [0.2, 0.25) is 0 Å². The summed E-state index contributed by atoms with van der Waals surface area (Å²) in [5, 5.41) is 0. The highest BCUT2D eigenvalue weighted by atomic mass is 16.5. The van der Waals surface area contributed by atoms with Crippen LogP contribution in [-0.4, -0.2) is 36.0 Å². The van der Waals surface area contributed by atoms with E-state index in [4.69, 9.17) is 4.74 Å². The number of carbonyl (C=O) groups is 1. The number of carbonyl (C=O) groups excluding carboxylic acids is 1. The van der Waals surface area contributed by atoms with Crippen LogP contribution in [0.1, 0.15) is 40.4 Å². The molecule has 0 aliphatic carbocycles. The lowest BCUT2D eigenvalue weighted by atomic mass is 9.87. The summed E-state index contributed by atoms with van der Waals surface area (Å²) in [5.74, 6) is 1.20. The Morgan fingerprint density at radius 2 is 1.96 bits per heavy atom. The third-order valence-corrected chi connectivity index (χ3v) is 4.60. The maximum absolute atomic E-state index is 12.6. The number of likely N-dealkylation sites (tertiary alicyclic amines) is 1.